The summed E-state index contributed by atoms with van der Waals surface area (Å²) in [6, 6.07) is 12.6. The molecule has 0 saturated carbocycles. The van der Waals surface area contributed by atoms with E-state index in [0.29, 0.717) is 30.2 Å². The smallest absolute Gasteiger partial charge is 0.265 e. The molecule has 35 heavy (non-hydrogen) atoms. The number of carbonyl (C=O) groups excluding carboxylic acids is 2. The van der Waals surface area contributed by atoms with E-state index in [2.05, 4.69) is 5.32 Å². The summed E-state index contributed by atoms with van der Waals surface area (Å²) in [5, 5.41) is 12.0. The van der Waals surface area contributed by atoms with Gasteiger partial charge in [-0.1, -0.05) is 6.92 Å². The van der Waals surface area contributed by atoms with Crippen LogP contribution in [0.4, 0.5) is 0 Å². The third-order valence-corrected chi connectivity index (χ3v) is 8.48. The molecule has 0 bridgehead atoms. The van der Waals surface area contributed by atoms with E-state index in [9.17, 15) is 18.0 Å². The molecule has 2 aromatic rings. The van der Waals surface area contributed by atoms with Crippen molar-refractivity contribution in [2.45, 2.75) is 29.4 Å². The van der Waals surface area contributed by atoms with Crippen LogP contribution >= 0.6 is 0 Å². The number of amides is 2. The molecule has 2 amide bonds. The molecule has 0 unspecified atom stereocenters. The molecule has 1 fully saturated rings. The first-order valence-electron chi connectivity index (χ1n) is 11.2. The van der Waals surface area contributed by atoms with Crippen LogP contribution in [-0.2, 0) is 19.4 Å². The first-order chi connectivity index (χ1) is 16.7. The Balaban J connectivity index is 1.56. The van der Waals surface area contributed by atoms with E-state index < -0.39 is 20.5 Å². The fourth-order valence-corrected chi connectivity index (χ4v) is 5.71. The average molecular weight is 507 g/mol. The Kier molecular flexibility index (Phi) is 8.71. The summed E-state index contributed by atoms with van der Waals surface area (Å²) in [5.41, 5.74) is 2.02. The minimum Gasteiger partial charge on any atom is -0.497 e. The van der Waals surface area contributed by atoms with Crippen molar-refractivity contribution < 1.29 is 37.4 Å². The van der Waals surface area contributed by atoms with Crippen LogP contribution < -0.4 is 20.3 Å². The normalized spacial score (nSPS) is 16.1. The van der Waals surface area contributed by atoms with Crippen LogP contribution in [0.15, 0.2) is 53.4 Å². The Morgan fingerprint density at radius 3 is 2.23 bits per heavy atom. The van der Waals surface area contributed by atoms with Crippen molar-refractivity contribution in [2.24, 2.45) is 5.92 Å². The standard InChI is InChI=1S/C24H30N2O8S/c1-17(15-25-22(27)18-3-5-19(32-2)6-4-18)16-34-20-7-9-21(10-8-20)35(30,31)24(23(28)26-29)11-13-33-14-12-24/h3-10,17,29H,11-16H2,1-2H3,(H,25,27)(H,26,28)/t17-/m0/s1. The third-order valence-electron chi connectivity index (χ3n) is 5.96. The highest BCUT2D eigenvalue weighted by atomic mass is 32.2. The van der Waals surface area contributed by atoms with Crippen LogP contribution in [0.1, 0.15) is 30.1 Å². The van der Waals surface area contributed by atoms with Gasteiger partial charge in [0.1, 0.15) is 11.5 Å². The summed E-state index contributed by atoms with van der Waals surface area (Å²) < 4.78 is 40.8. The monoisotopic (exact) mass is 506 g/mol. The second kappa shape index (κ2) is 11.5. The summed E-state index contributed by atoms with van der Waals surface area (Å²) in [6.07, 6.45) is -0.112. The fraction of sp³-hybridized carbons (Fsp3) is 0.417. The van der Waals surface area contributed by atoms with Gasteiger partial charge < -0.3 is 19.5 Å². The van der Waals surface area contributed by atoms with Crippen LogP contribution in [0.25, 0.3) is 0 Å². The number of methoxy groups -OCH3 is 1. The van der Waals surface area contributed by atoms with E-state index >= 15 is 0 Å². The molecule has 11 heteroatoms. The van der Waals surface area contributed by atoms with Crippen molar-refractivity contribution in [1.29, 1.82) is 0 Å². The van der Waals surface area contributed by atoms with Gasteiger partial charge in [-0.25, -0.2) is 13.9 Å². The highest BCUT2D eigenvalue weighted by Crippen LogP contribution is 2.35. The average Bonchev–Trinajstić information content (AvgIpc) is 2.90. The lowest BCUT2D eigenvalue weighted by Crippen LogP contribution is -2.54. The van der Waals surface area contributed by atoms with Gasteiger partial charge in [-0.2, -0.15) is 0 Å². The van der Waals surface area contributed by atoms with E-state index in [-0.39, 0.29) is 42.8 Å². The van der Waals surface area contributed by atoms with E-state index in [4.69, 9.17) is 19.4 Å². The molecule has 3 N–H and O–H groups in total. The SMILES string of the molecule is COc1ccc(C(=O)NC[C@H](C)COc2ccc(S(=O)(=O)C3(C(=O)NO)CCOCC3)cc2)cc1. The van der Waals surface area contributed by atoms with E-state index in [1.165, 1.54) is 29.7 Å². The number of hydrogen-bond donors (Lipinski definition) is 3. The third kappa shape index (κ3) is 5.92. The van der Waals surface area contributed by atoms with Gasteiger partial charge in [-0.3, -0.25) is 14.8 Å². The van der Waals surface area contributed by atoms with Crippen LogP contribution in [-0.4, -0.2) is 63.7 Å². The zero-order valence-corrected chi connectivity index (χ0v) is 20.5. The zero-order chi connectivity index (χ0) is 25.5. The maximum absolute atomic E-state index is 13.3. The van der Waals surface area contributed by atoms with Crippen molar-refractivity contribution in [3.63, 3.8) is 0 Å². The molecule has 1 saturated heterocycles. The number of benzene rings is 2. The number of rotatable bonds is 10. The Bertz CT molecular complexity index is 1110. The Hall–Kier alpha value is -3.15. The molecule has 190 valence electrons. The highest BCUT2D eigenvalue weighted by Gasteiger charge is 2.52. The molecule has 0 radical (unpaired) electrons. The first kappa shape index (κ1) is 26.5. The Morgan fingerprint density at radius 2 is 1.66 bits per heavy atom. The number of hydrogen-bond acceptors (Lipinski definition) is 8. The fourth-order valence-electron chi connectivity index (χ4n) is 3.77. The van der Waals surface area contributed by atoms with Gasteiger partial charge in [0.2, 0.25) is 0 Å². The number of nitrogens with one attached hydrogen (secondary N) is 2. The number of ether oxygens (including phenoxy) is 3. The predicted octanol–water partition coefficient (Wildman–Crippen LogP) is 1.97. The molecular formula is C24H30N2O8S. The summed E-state index contributed by atoms with van der Waals surface area (Å²) >= 11 is 0. The van der Waals surface area contributed by atoms with E-state index in [1.807, 2.05) is 6.92 Å². The maximum Gasteiger partial charge on any atom is 0.265 e. The van der Waals surface area contributed by atoms with Gasteiger partial charge in [0.15, 0.2) is 14.6 Å². The van der Waals surface area contributed by atoms with Crippen molar-refractivity contribution in [1.82, 2.24) is 10.8 Å². The van der Waals surface area contributed by atoms with E-state index in [0.717, 1.165) is 0 Å². The molecular weight excluding hydrogens is 476 g/mol. The topological polar surface area (TPSA) is 140 Å². The highest BCUT2D eigenvalue weighted by molar-refractivity contribution is 7.93. The van der Waals surface area contributed by atoms with E-state index in [1.54, 1.807) is 31.4 Å². The molecule has 1 aliphatic rings. The predicted molar refractivity (Wildman–Crippen MR) is 126 cm³/mol. The van der Waals surface area contributed by atoms with Gasteiger partial charge in [0.25, 0.3) is 11.8 Å². The molecule has 2 aromatic carbocycles. The van der Waals surface area contributed by atoms with Crippen molar-refractivity contribution in [2.75, 3.05) is 33.5 Å². The molecule has 0 aliphatic carbocycles. The lowest BCUT2D eigenvalue weighted by Gasteiger charge is -2.34. The number of carbonyl (C=O) groups is 2. The quantitative estimate of drug-likeness (QED) is 0.328. The summed E-state index contributed by atoms with van der Waals surface area (Å²) in [7, 11) is -2.54. The van der Waals surface area contributed by atoms with Crippen LogP contribution in [0.5, 0.6) is 11.5 Å². The maximum atomic E-state index is 13.3. The lowest BCUT2D eigenvalue weighted by molar-refractivity contribution is -0.134. The Labute approximate surface area is 204 Å². The summed E-state index contributed by atoms with van der Waals surface area (Å²) in [4.78, 5) is 24.6. The van der Waals surface area contributed by atoms with Gasteiger partial charge >= 0.3 is 0 Å². The van der Waals surface area contributed by atoms with Crippen molar-refractivity contribution >= 4 is 21.7 Å². The van der Waals surface area contributed by atoms with Crippen LogP contribution in [0, 0.1) is 5.92 Å². The number of sulfone groups is 1. The second-order valence-corrected chi connectivity index (χ2v) is 10.6. The van der Waals surface area contributed by atoms with Gasteiger partial charge in [0, 0.05) is 31.2 Å². The van der Waals surface area contributed by atoms with Crippen molar-refractivity contribution in [3.8, 4) is 11.5 Å². The lowest BCUT2D eigenvalue weighted by atomic mass is 9.98. The minimum absolute atomic E-state index is 0.0145. The molecule has 0 aromatic heterocycles. The largest absolute Gasteiger partial charge is 0.497 e. The number of hydroxylamine groups is 1. The molecule has 1 atom stereocenters. The molecule has 3 rings (SSSR count). The summed E-state index contributed by atoms with van der Waals surface area (Å²) in [5.74, 6) is -0.0688. The van der Waals surface area contributed by atoms with Gasteiger partial charge in [-0.05, 0) is 61.4 Å². The summed E-state index contributed by atoms with van der Waals surface area (Å²) in [6.45, 7) is 2.79. The minimum atomic E-state index is -4.09. The molecule has 1 aliphatic heterocycles. The molecule has 10 nitrogen and oxygen atoms in total. The van der Waals surface area contributed by atoms with Gasteiger partial charge in [0.05, 0.1) is 18.6 Å². The Morgan fingerprint density at radius 1 is 1.06 bits per heavy atom. The van der Waals surface area contributed by atoms with Crippen LogP contribution in [0.2, 0.25) is 0 Å². The van der Waals surface area contributed by atoms with Gasteiger partial charge in [-0.15, -0.1) is 0 Å². The van der Waals surface area contributed by atoms with Crippen molar-refractivity contribution in [3.05, 3.63) is 54.1 Å². The second-order valence-electron chi connectivity index (χ2n) is 8.38. The zero-order valence-electron chi connectivity index (χ0n) is 19.7. The molecule has 0 spiro atoms. The first-order valence-corrected chi connectivity index (χ1v) is 12.6. The molecule has 1 heterocycles. The van der Waals surface area contributed by atoms with Crippen LogP contribution in [0.3, 0.4) is 0 Å².